The number of esters is 2. The molecule has 18 heavy (non-hydrogen) atoms. The summed E-state index contributed by atoms with van der Waals surface area (Å²) in [6.07, 6.45) is 1.57. The van der Waals surface area contributed by atoms with Gasteiger partial charge in [0.2, 0.25) is 0 Å². The van der Waals surface area contributed by atoms with Crippen molar-refractivity contribution in [2.75, 3.05) is 13.2 Å². The standard InChI is InChI=1S/C14H22O4/c1-10(2)13(15)17-8-6-7-12(5)9-18-14(16)11(3)4/h12H,1,3,6-9H2,2,4-5H3. The summed E-state index contributed by atoms with van der Waals surface area (Å²) >= 11 is 0. The molecule has 0 saturated carbocycles. The Morgan fingerprint density at radius 3 is 2.06 bits per heavy atom. The van der Waals surface area contributed by atoms with Gasteiger partial charge in [-0.3, -0.25) is 0 Å². The molecule has 0 aliphatic rings. The normalized spacial score (nSPS) is 11.5. The third-order valence-electron chi connectivity index (χ3n) is 2.27. The predicted molar refractivity (Wildman–Crippen MR) is 69.9 cm³/mol. The molecule has 4 heteroatoms. The summed E-state index contributed by atoms with van der Waals surface area (Å²) in [7, 11) is 0. The third kappa shape index (κ3) is 7.65. The van der Waals surface area contributed by atoms with Crippen molar-refractivity contribution in [3.05, 3.63) is 24.3 Å². The third-order valence-corrected chi connectivity index (χ3v) is 2.27. The zero-order valence-corrected chi connectivity index (χ0v) is 11.5. The van der Waals surface area contributed by atoms with E-state index in [0.717, 1.165) is 12.8 Å². The Bertz CT molecular complexity index is 331. The minimum Gasteiger partial charge on any atom is -0.462 e. The second-order valence-corrected chi connectivity index (χ2v) is 4.54. The van der Waals surface area contributed by atoms with E-state index in [1.54, 1.807) is 13.8 Å². The molecule has 0 aliphatic heterocycles. The SMILES string of the molecule is C=C(C)C(=O)OCCCC(C)COC(=O)C(=C)C. The molecule has 0 heterocycles. The molecule has 0 amide bonds. The van der Waals surface area contributed by atoms with Crippen LogP contribution in [0.5, 0.6) is 0 Å². The van der Waals surface area contributed by atoms with Gasteiger partial charge in [0.15, 0.2) is 0 Å². The Morgan fingerprint density at radius 1 is 1.06 bits per heavy atom. The lowest BCUT2D eigenvalue weighted by Crippen LogP contribution is -2.13. The second kappa shape index (κ2) is 8.50. The van der Waals surface area contributed by atoms with E-state index in [1.165, 1.54) is 0 Å². The van der Waals surface area contributed by atoms with Crippen molar-refractivity contribution in [1.29, 1.82) is 0 Å². The highest BCUT2D eigenvalue weighted by molar-refractivity contribution is 5.87. The largest absolute Gasteiger partial charge is 0.462 e. The van der Waals surface area contributed by atoms with Gasteiger partial charge in [0, 0.05) is 11.1 Å². The van der Waals surface area contributed by atoms with Gasteiger partial charge in [-0.2, -0.15) is 0 Å². The first kappa shape index (κ1) is 16.4. The fourth-order valence-electron chi connectivity index (χ4n) is 1.14. The van der Waals surface area contributed by atoms with Gasteiger partial charge in [0.05, 0.1) is 13.2 Å². The Kier molecular flexibility index (Phi) is 7.76. The van der Waals surface area contributed by atoms with E-state index in [2.05, 4.69) is 13.2 Å². The molecule has 0 aromatic carbocycles. The number of ether oxygens (including phenoxy) is 2. The van der Waals surface area contributed by atoms with Crippen LogP contribution >= 0.6 is 0 Å². The molecule has 0 rings (SSSR count). The van der Waals surface area contributed by atoms with Crippen molar-refractivity contribution in [2.45, 2.75) is 33.6 Å². The van der Waals surface area contributed by atoms with Crippen LogP contribution in [0.1, 0.15) is 33.6 Å². The lowest BCUT2D eigenvalue weighted by Gasteiger charge is -2.12. The van der Waals surface area contributed by atoms with Crippen molar-refractivity contribution in [2.24, 2.45) is 5.92 Å². The molecule has 4 nitrogen and oxygen atoms in total. The van der Waals surface area contributed by atoms with E-state index in [4.69, 9.17) is 9.47 Å². The second-order valence-electron chi connectivity index (χ2n) is 4.54. The molecule has 0 aliphatic carbocycles. The van der Waals surface area contributed by atoms with Gasteiger partial charge in [-0.25, -0.2) is 9.59 Å². The molecular weight excluding hydrogens is 232 g/mol. The van der Waals surface area contributed by atoms with Crippen molar-refractivity contribution in [3.63, 3.8) is 0 Å². The maximum atomic E-state index is 11.1. The number of hydrogen-bond donors (Lipinski definition) is 0. The van der Waals surface area contributed by atoms with Crippen LogP contribution in [0, 0.1) is 5.92 Å². The fraction of sp³-hybridized carbons (Fsp3) is 0.571. The maximum Gasteiger partial charge on any atom is 0.333 e. The van der Waals surface area contributed by atoms with Crippen LogP contribution in [0.3, 0.4) is 0 Å². The molecule has 0 saturated heterocycles. The van der Waals surface area contributed by atoms with Gasteiger partial charge in [-0.1, -0.05) is 20.1 Å². The average Bonchev–Trinajstić information content (AvgIpc) is 2.30. The highest BCUT2D eigenvalue weighted by atomic mass is 16.5. The van der Waals surface area contributed by atoms with Crippen molar-refractivity contribution >= 4 is 11.9 Å². The molecule has 0 radical (unpaired) electrons. The van der Waals surface area contributed by atoms with Crippen molar-refractivity contribution < 1.29 is 19.1 Å². The monoisotopic (exact) mass is 254 g/mol. The quantitative estimate of drug-likeness (QED) is 0.379. The minimum atomic E-state index is -0.365. The number of carbonyl (C=O) groups excluding carboxylic acids is 2. The van der Waals surface area contributed by atoms with Gasteiger partial charge in [0.1, 0.15) is 0 Å². The molecule has 102 valence electrons. The lowest BCUT2D eigenvalue weighted by atomic mass is 10.1. The molecule has 1 unspecified atom stereocenters. The van der Waals surface area contributed by atoms with Crippen molar-refractivity contribution in [3.8, 4) is 0 Å². The summed E-state index contributed by atoms with van der Waals surface area (Å²) in [5.74, 6) is -0.497. The molecule has 0 aromatic rings. The van der Waals surface area contributed by atoms with Gasteiger partial charge in [-0.15, -0.1) is 0 Å². The van der Waals surface area contributed by atoms with Crippen LogP contribution in [0.15, 0.2) is 24.3 Å². The van der Waals surface area contributed by atoms with Crippen LogP contribution in [-0.4, -0.2) is 25.2 Å². The Balaban J connectivity index is 3.63. The first-order valence-corrected chi connectivity index (χ1v) is 5.99. The highest BCUT2D eigenvalue weighted by Gasteiger charge is 2.08. The zero-order chi connectivity index (χ0) is 14.1. The maximum absolute atomic E-state index is 11.1. The van der Waals surface area contributed by atoms with Gasteiger partial charge >= 0.3 is 11.9 Å². The van der Waals surface area contributed by atoms with E-state index in [-0.39, 0.29) is 17.9 Å². The van der Waals surface area contributed by atoms with E-state index in [1.807, 2.05) is 6.92 Å². The first-order chi connectivity index (χ1) is 8.34. The van der Waals surface area contributed by atoms with Crippen LogP contribution in [0.2, 0.25) is 0 Å². The summed E-state index contributed by atoms with van der Waals surface area (Å²) in [5, 5.41) is 0. The van der Waals surface area contributed by atoms with E-state index in [0.29, 0.717) is 24.4 Å². The molecule has 1 atom stereocenters. The topological polar surface area (TPSA) is 52.6 Å². The summed E-state index contributed by atoms with van der Waals surface area (Å²) in [4.78, 5) is 22.2. The summed E-state index contributed by atoms with van der Waals surface area (Å²) in [5.41, 5.74) is 0.802. The van der Waals surface area contributed by atoms with E-state index < -0.39 is 0 Å². The smallest absolute Gasteiger partial charge is 0.333 e. The molecule has 0 aromatic heterocycles. The fourth-order valence-corrected chi connectivity index (χ4v) is 1.14. The number of carbonyl (C=O) groups is 2. The van der Waals surface area contributed by atoms with E-state index >= 15 is 0 Å². The molecule has 0 N–H and O–H groups in total. The predicted octanol–water partition coefficient (Wildman–Crippen LogP) is 2.64. The van der Waals surface area contributed by atoms with Gasteiger partial charge < -0.3 is 9.47 Å². The summed E-state index contributed by atoms with van der Waals surface area (Å²) < 4.78 is 9.98. The van der Waals surface area contributed by atoms with E-state index in [9.17, 15) is 9.59 Å². The Labute approximate surface area is 109 Å². The highest BCUT2D eigenvalue weighted by Crippen LogP contribution is 2.08. The van der Waals surface area contributed by atoms with Crippen LogP contribution in [-0.2, 0) is 19.1 Å². The minimum absolute atomic E-state index is 0.233. The molecular formula is C14H22O4. The molecule has 0 spiro atoms. The lowest BCUT2D eigenvalue weighted by molar-refractivity contribution is -0.140. The molecule has 0 bridgehead atoms. The van der Waals surface area contributed by atoms with Crippen molar-refractivity contribution in [1.82, 2.24) is 0 Å². The van der Waals surface area contributed by atoms with Crippen LogP contribution in [0.25, 0.3) is 0 Å². The van der Waals surface area contributed by atoms with Crippen LogP contribution < -0.4 is 0 Å². The average molecular weight is 254 g/mol. The summed E-state index contributed by atoms with van der Waals surface area (Å²) in [6.45, 7) is 12.9. The van der Waals surface area contributed by atoms with Gasteiger partial charge in [0.25, 0.3) is 0 Å². The zero-order valence-electron chi connectivity index (χ0n) is 11.5. The summed E-state index contributed by atoms with van der Waals surface area (Å²) in [6, 6.07) is 0. The van der Waals surface area contributed by atoms with Crippen LogP contribution in [0.4, 0.5) is 0 Å². The molecule has 0 fully saturated rings. The Hall–Kier alpha value is -1.58. The number of rotatable bonds is 8. The first-order valence-electron chi connectivity index (χ1n) is 5.99. The van der Waals surface area contributed by atoms with Gasteiger partial charge in [-0.05, 0) is 32.6 Å². The number of hydrogen-bond acceptors (Lipinski definition) is 4. The Morgan fingerprint density at radius 2 is 1.56 bits per heavy atom.